The number of hydrogen-bond donors (Lipinski definition) is 0. The van der Waals surface area contributed by atoms with E-state index in [0.29, 0.717) is 18.1 Å². The Hall–Kier alpha value is -5.88. The van der Waals surface area contributed by atoms with Crippen molar-refractivity contribution in [1.29, 1.82) is 0 Å². The molecule has 0 aliphatic rings. The molecular weight excluding hydrogens is 578 g/mol. The van der Waals surface area contributed by atoms with Crippen molar-refractivity contribution in [2.75, 3.05) is 0 Å². The van der Waals surface area contributed by atoms with E-state index < -0.39 is 5.54 Å². The lowest BCUT2D eigenvalue weighted by Gasteiger charge is -2.36. The number of benzene rings is 5. The number of hydrogen-bond acceptors (Lipinski definition) is 4. The monoisotopic (exact) mass is 613 g/mol. The average Bonchev–Trinajstić information content (AvgIpc) is 3.78. The van der Waals surface area contributed by atoms with Gasteiger partial charge in [-0.15, -0.1) is 5.10 Å². The topological polar surface area (TPSA) is 65.6 Å². The molecule has 0 saturated carbocycles. The van der Waals surface area contributed by atoms with E-state index in [-0.39, 0.29) is 0 Å². The van der Waals surface area contributed by atoms with Crippen molar-refractivity contribution in [2.45, 2.75) is 31.8 Å². The van der Waals surface area contributed by atoms with Gasteiger partial charge in [-0.3, -0.25) is 4.79 Å². The number of nitrogens with zero attached hydrogens (tertiary/aromatic N) is 5. The normalized spacial score (nSPS) is 11.4. The highest BCUT2D eigenvalue weighted by atomic mass is 16.1. The summed E-state index contributed by atoms with van der Waals surface area (Å²) < 4.78 is 4.09. The van der Waals surface area contributed by atoms with Crippen molar-refractivity contribution in [3.05, 3.63) is 185 Å². The Labute approximate surface area is 275 Å². The summed E-state index contributed by atoms with van der Waals surface area (Å²) in [6.45, 7) is 2.80. The van der Waals surface area contributed by atoms with Crippen molar-refractivity contribution in [2.24, 2.45) is 0 Å². The number of tetrazole rings is 1. The maximum atomic E-state index is 11.8. The van der Waals surface area contributed by atoms with Crippen molar-refractivity contribution in [3.8, 4) is 22.5 Å². The first kappa shape index (κ1) is 29.8. The van der Waals surface area contributed by atoms with Gasteiger partial charge in [-0.05, 0) is 62.4 Å². The van der Waals surface area contributed by atoms with Gasteiger partial charge in [0.25, 0.3) is 0 Å². The van der Waals surface area contributed by atoms with Gasteiger partial charge < -0.3 is 4.57 Å². The number of rotatable bonds is 11. The van der Waals surface area contributed by atoms with Gasteiger partial charge in [-0.2, -0.15) is 0 Å². The molecule has 0 saturated heterocycles. The standard InChI is InChI=1S/C41H35N5O/c1-2-14-36-27-28-37(30-47)45(36)29-31-23-25-32(26-24-31)38-21-12-13-22-39(38)40-42-43-44-46(40)41(33-15-6-3-7-16-33,34-17-8-4-9-18-34)35-19-10-5-11-20-35/h3-13,15-28,30H,2,14,29H2,1H3. The predicted octanol–water partition coefficient (Wildman–Crippen LogP) is 8.46. The molecule has 7 rings (SSSR count). The lowest BCUT2D eigenvalue weighted by atomic mass is 9.77. The quantitative estimate of drug-likeness (QED) is 0.108. The highest BCUT2D eigenvalue weighted by molar-refractivity contribution is 5.81. The summed E-state index contributed by atoms with van der Waals surface area (Å²) >= 11 is 0. The number of aryl methyl sites for hydroxylation is 1. The van der Waals surface area contributed by atoms with Gasteiger partial charge in [0.05, 0.1) is 5.69 Å². The van der Waals surface area contributed by atoms with E-state index in [0.717, 1.165) is 58.1 Å². The molecular formula is C41H35N5O. The highest BCUT2D eigenvalue weighted by Crippen LogP contribution is 2.43. The minimum Gasteiger partial charge on any atom is -0.338 e. The zero-order valence-electron chi connectivity index (χ0n) is 26.3. The summed E-state index contributed by atoms with van der Waals surface area (Å²) in [5.74, 6) is 0.661. The Morgan fingerprint density at radius 2 is 1.19 bits per heavy atom. The van der Waals surface area contributed by atoms with Gasteiger partial charge >= 0.3 is 0 Å². The third-order valence-electron chi connectivity index (χ3n) is 8.87. The molecule has 7 aromatic rings. The highest BCUT2D eigenvalue weighted by Gasteiger charge is 2.42. The summed E-state index contributed by atoms with van der Waals surface area (Å²) in [5, 5.41) is 13.7. The molecule has 47 heavy (non-hydrogen) atoms. The predicted molar refractivity (Wildman–Crippen MR) is 186 cm³/mol. The molecule has 0 unspecified atom stereocenters. The second-order valence-corrected chi connectivity index (χ2v) is 11.7. The van der Waals surface area contributed by atoms with Crippen LogP contribution in [0, 0.1) is 0 Å². The van der Waals surface area contributed by atoms with E-state index in [4.69, 9.17) is 10.3 Å². The molecule has 2 aromatic heterocycles. The van der Waals surface area contributed by atoms with E-state index in [2.05, 4.69) is 132 Å². The molecule has 5 aromatic carbocycles. The molecule has 0 aliphatic carbocycles. The van der Waals surface area contributed by atoms with Crippen molar-refractivity contribution < 1.29 is 4.79 Å². The second-order valence-electron chi connectivity index (χ2n) is 11.7. The van der Waals surface area contributed by atoms with E-state index in [1.54, 1.807) is 0 Å². The minimum absolute atomic E-state index is 0.643. The molecule has 0 spiro atoms. The number of carbonyl (C=O) groups excluding carboxylic acids is 1. The third kappa shape index (κ3) is 5.48. The lowest BCUT2D eigenvalue weighted by molar-refractivity contribution is 0.111. The molecule has 0 atom stereocenters. The van der Waals surface area contributed by atoms with E-state index >= 15 is 0 Å². The van der Waals surface area contributed by atoms with Crippen molar-refractivity contribution in [3.63, 3.8) is 0 Å². The van der Waals surface area contributed by atoms with Crippen LogP contribution in [0.25, 0.3) is 22.5 Å². The Bertz CT molecular complexity index is 1980. The fraction of sp³-hybridized carbons (Fsp3) is 0.122. The third-order valence-corrected chi connectivity index (χ3v) is 8.87. The maximum Gasteiger partial charge on any atom is 0.184 e. The Morgan fingerprint density at radius 1 is 0.638 bits per heavy atom. The molecule has 230 valence electrons. The van der Waals surface area contributed by atoms with Gasteiger partial charge in [0, 0.05) is 17.8 Å². The Kier molecular flexibility index (Phi) is 8.39. The summed E-state index contributed by atoms with van der Waals surface area (Å²) in [6.07, 6.45) is 2.90. The summed E-state index contributed by atoms with van der Waals surface area (Å²) in [4.78, 5) is 11.8. The first-order valence-electron chi connectivity index (χ1n) is 16.0. The molecule has 0 amide bonds. The van der Waals surface area contributed by atoms with Crippen molar-refractivity contribution in [1.82, 2.24) is 24.8 Å². The van der Waals surface area contributed by atoms with Gasteiger partial charge in [0.15, 0.2) is 12.1 Å². The van der Waals surface area contributed by atoms with Gasteiger partial charge in [-0.25, -0.2) is 4.68 Å². The SMILES string of the molecule is CCCc1ccc(C=O)n1Cc1ccc(-c2ccccc2-c2nnnn2C(c2ccccc2)(c2ccccc2)c2ccccc2)cc1. The molecule has 0 fully saturated rings. The lowest BCUT2D eigenvalue weighted by Crippen LogP contribution is -2.39. The van der Waals surface area contributed by atoms with Crippen LogP contribution in [0.1, 0.15) is 51.8 Å². The maximum absolute atomic E-state index is 11.8. The fourth-order valence-corrected chi connectivity index (χ4v) is 6.69. The zero-order chi connectivity index (χ0) is 32.1. The largest absolute Gasteiger partial charge is 0.338 e. The van der Waals surface area contributed by atoms with Gasteiger partial charge in [-0.1, -0.05) is 153 Å². The first-order chi connectivity index (χ1) is 23.2. The smallest absolute Gasteiger partial charge is 0.184 e. The van der Waals surface area contributed by atoms with Crippen LogP contribution in [-0.4, -0.2) is 31.1 Å². The number of carbonyl (C=O) groups is 1. The average molecular weight is 614 g/mol. The Morgan fingerprint density at radius 3 is 1.74 bits per heavy atom. The van der Waals surface area contributed by atoms with Crippen LogP contribution in [0.2, 0.25) is 0 Å². The molecule has 0 radical (unpaired) electrons. The fourth-order valence-electron chi connectivity index (χ4n) is 6.69. The molecule has 6 heteroatoms. The van der Waals surface area contributed by atoms with E-state index in [1.165, 1.54) is 5.69 Å². The summed E-state index contributed by atoms with van der Waals surface area (Å²) in [7, 11) is 0. The summed E-state index contributed by atoms with van der Waals surface area (Å²) in [6, 6.07) is 52.1. The Balaban J connectivity index is 1.36. The number of aromatic nitrogens is 5. The van der Waals surface area contributed by atoms with Gasteiger partial charge in [0.2, 0.25) is 0 Å². The van der Waals surface area contributed by atoms with Crippen LogP contribution < -0.4 is 0 Å². The van der Waals surface area contributed by atoms with E-state index in [1.807, 2.05) is 41.1 Å². The zero-order valence-corrected chi connectivity index (χ0v) is 26.3. The molecule has 0 aliphatic heterocycles. The van der Waals surface area contributed by atoms with Crippen LogP contribution in [0.15, 0.2) is 152 Å². The minimum atomic E-state index is -0.844. The first-order valence-corrected chi connectivity index (χ1v) is 16.0. The van der Waals surface area contributed by atoms with E-state index in [9.17, 15) is 4.79 Å². The molecule has 0 N–H and O–H groups in total. The van der Waals surface area contributed by atoms with Crippen LogP contribution in [-0.2, 0) is 18.5 Å². The van der Waals surface area contributed by atoms with Gasteiger partial charge in [0.1, 0.15) is 5.54 Å². The summed E-state index contributed by atoms with van der Waals surface area (Å²) in [5.41, 5.74) is 8.33. The van der Waals surface area contributed by atoms with Crippen molar-refractivity contribution >= 4 is 6.29 Å². The molecule has 2 heterocycles. The second kappa shape index (κ2) is 13.2. The van der Waals surface area contributed by atoms with Crippen LogP contribution in [0.4, 0.5) is 0 Å². The molecule has 0 bridgehead atoms. The van der Waals surface area contributed by atoms with Crippen LogP contribution in [0.5, 0.6) is 0 Å². The van der Waals surface area contributed by atoms with Crippen LogP contribution >= 0.6 is 0 Å². The van der Waals surface area contributed by atoms with Crippen LogP contribution in [0.3, 0.4) is 0 Å². The molecule has 6 nitrogen and oxygen atoms in total. The number of aldehydes is 1.